The van der Waals surface area contributed by atoms with Crippen molar-refractivity contribution < 1.29 is 4.79 Å². The smallest absolute Gasteiger partial charge is 0.248 e. The van der Waals surface area contributed by atoms with E-state index < -0.39 is 0 Å². The Kier molecular flexibility index (Phi) is 6.39. The maximum absolute atomic E-state index is 12.1. The van der Waals surface area contributed by atoms with Crippen LogP contribution in [0.5, 0.6) is 0 Å². The van der Waals surface area contributed by atoms with Crippen molar-refractivity contribution in [3.05, 3.63) is 64.5 Å². The third-order valence-electron chi connectivity index (χ3n) is 4.85. The topological polar surface area (TPSA) is 70.2 Å². The number of carbonyl (C=O) groups excluding carboxylic acids is 1. The first-order valence-electron chi connectivity index (χ1n) is 10.2. The Morgan fingerprint density at radius 1 is 1.07 bits per heavy atom. The maximum atomic E-state index is 12.1. The molecule has 0 bridgehead atoms. The molecule has 0 atom stereocenters. The van der Waals surface area contributed by atoms with Gasteiger partial charge in [0.15, 0.2) is 0 Å². The lowest BCUT2D eigenvalue weighted by Crippen LogP contribution is -2.31. The van der Waals surface area contributed by atoms with E-state index in [1.165, 1.54) is 19.3 Å². The molecule has 0 aliphatic carbocycles. The lowest BCUT2D eigenvalue weighted by atomic mass is 10.1. The highest BCUT2D eigenvalue weighted by atomic mass is 32.1. The Morgan fingerprint density at radius 2 is 1.83 bits per heavy atom. The van der Waals surface area contributed by atoms with E-state index >= 15 is 0 Å². The standard InChI is InChI=1S/C23H25N5OS/c1-17-16-21(27-23(24-17)28-13-3-2-4-14-28)25-18-7-9-19(10-8-18)26-22(29)12-11-20-6-5-15-30-20/h5-12,15-16H,2-4,13-14H2,1H3,(H,26,29)(H,24,25,27)/b12-11+. The molecule has 30 heavy (non-hydrogen) atoms. The summed E-state index contributed by atoms with van der Waals surface area (Å²) in [6, 6.07) is 13.5. The largest absolute Gasteiger partial charge is 0.341 e. The number of amides is 1. The van der Waals surface area contributed by atoms with Gasteiger partial charge in [0.05, 0.1) is 0 Å². The van der Waals surface area contributed by atoms with Gasteiger partial charge in [0.25, 0.3) is 0 Å². The van der Waals surface area contributed by atoms with E-state index in [0.717, 1.165) is 46.8 Å². The van der Waals surface area contributed by atoms with Gasteiger partial charge in [0, 0.05) is 47.2 Å². The number of nitrogens with one attached hydrogen (secondary N) is 2. The number of benzene rings is 1. The molecule has 0 saturated carbocycles. The summed E-state index contributed by atoms with van der Waals surface area (Å²) < 4.78 is 0. The highest BCUT2D eigenvalue weighted by Crippen LogP contribution is 2.22. The van der Waals surface area contributed by atoms with E-state index in [2.05, 4.69) is 20.5 Å². The molecular formula is C23H25N5OS. The summed E-state index contributed by atoms with van der Waals surface area (Å²) in [7, 11) is 0. The van der Waals surface area contributed by atoms with Gasteiger partial charge in [0.1, 0.15) is 5.82 Å². The second kappa shape index (κ2) is 9.54. The molecule has 154 valence electrons. The van der Waals surface area contributed by atoms with Gasteiger partial charge in [-0.3, -0.25) is 4.79 Å². The molecule has 1 saturated heterocycles. The Balaban J connectivity index is 1.38. The molecule has 1 fully saturated rings. The molecule has 0 radical (unpaired) electrons. The molecule has 1 amide bonds. The van der Waals surface area contributed by atoms with Crippen molar-refractivity contribution in [2.45, 2.75) is 26.2 Å². The summed E-state index contributed by atoms with van der Waals surface area (Å²) in [5.41, 5.74) is 2.59. The predicted molar refractivity (Wildman–Crippen MR) is 125 cm³/mol. The van der Waals surface area contributed by atoms with Crippen LogP contribution in [0.3, 0.4) is 0 Å². The quantitative estimate of drug-likeness (QED) is 0.535. The van der Waals surface area contributed by atoms with Gasteiger partial charge in [-0.05, 0) is 68.0 Å². The molecule has 2 aromatic heterocycles. The highest BCUT2D eigenvalue weighted by Gasteiger charge is 2.14. The van der Waals surface area contributed by atoms with Crippen LogP contribution in [-0.2, 0) is 4.79 Å². The normalized spacial score (nSPS) is 14.1. The number of hydrogen-bond donors (Lipinski definition) is 2. The number of piperidine rings is 1. The van der Waals surface area contributed by atoms with Crippen LogP contribution in [0, 0.1) is 6.92 Å². The van der Waals surface area contributed by atoms with E-state index in [9.17, 15) is 4.79 Å². The monoisotopic (exact) mass is 419 g/mol. The molecule has 4 rings (SSSR count). The second-order valence-corrected chi connectivity index (χ2v) is 8.26. The van der Waals surface area contributed by atoms with Crippen molar-refractivity contribution in [3.8, 4) is 0 Å². The molecule has 2 N–H and O–H groups in total. The Morgan fingerprint density at radius 3 is 2.57 bits per heavy atom. The summed E-state index contributed by atoms with van der Waals surface area (Å²) in [5.74, 6) is 1.42. The van der Waals surface area contributed by atoms with Gasteiger partial charge in [-0.15, -0.1) is 11.3 Å². The van der Waals surface area contributed by atoms with Crippen LogP contribution in [0.15, 0.2) is 53.9 Å². The fourth-order valence-corrected chi connectivity index (χ4v) is 3.98. The summed E-state index contributed by atoms with van der Waals surface area (Å²) in [6.07, 6.45) is 7.02. The molecule has 3 aromatic rings. The lowest BCUT2D eigenvalue weighted by molar-refractivity contribution is -0.111. The first kappa shape index (κ1) is 20.1. The Hall–Kier alpha value is -3.19. The third kappa shape index (κ3) is 5.45. The molecule has 3 heterocycles. The minimum Gasteiger partial charge on any atom is -0.341 e. The summed E-state index contributed by atoms with van der Waals surface area (Å²) in [5, 5.41) is 8.20. The minimum absolute atomic E-state index is 0.151. The van der Waals surface area contributed by atoms with Gasteiger partial charge in [-0.1, -0.05) is 6.07 Å². The molecule has 0 spiro atoms. The van der Waals surface area contributed by atoms with Gasteiger partial charge in [-0.25, -0.2) is 4.98 Å². The average Bonchev–Trinajstić information content (AvgIpc) is 3.28. The van der Waals surface area contributed by atoms with Crippen LogP contribution in [0.1, 0.15) is 29.8 Å². The predicted octanol–water partition coefficient (Wildman–Crippen LogP) is 5.23. The van der Waals surface area contributed by atoms with Crippen molar-refractivity contribution >= 4 is 46.5 Å². The second-order valence-electron chi connectivity index (χ2n) is 7.28. The number of carbonyl (C=O) groups is 1. The lowest BCUT2D eigenvalue weighted by Gasteiger charge is -2.27. The Labute approximate surface area is 180 Å². The van der Waals surface area contributed by atoms with Crippen molar-refractivity contribution in [1.82, 2.24) is 9.97 Å². The zero-order valence-corrected chi connectivity index (χ0v) is 17.8. The van der Waals surface area contributed by atoms with E-state index in [-0.39, 0.29) is 5.91 Å². The van der Waals surface area contributed by atoms with Gasteiger partial charge < -0.3 is 15.5 Å². The van der Waals surface area contributed by atoms with Crippen LogP contribution >= 0.6 is 11.3 Å². The number of rotatable bonds is 6. The highest BCUT2D eigenvalue weighted by molar-refractivity contribution is 7.10. The molecule has 0 unspecified atom stereocenters. The molecule has 1 aromatic carbocycles. The van der Waals surface area contributed by atoms with E-state index in [0.29, 0.717) is 0 Å². The van der Waals surface area contributed by atoms with Crippen LogP contribution < -0.4 is 15.5 Å². The van der Waals surface area contributed by atoms with Crippen LogP contribution in [-0.4, -0.2) is 29.0 Å². The fourth-order valence-electron chi connectivity index (χ4n) is 3.36. The molecule has 7 heteroatoms. The van der Waals surface area contributed by atoms with E-state index in [1.54, 1.807) is 17.4 Å². The van der Waals surface area contributed by atoms with Crippen molar-refractivity contribution in [1.29, 1.82) is 0 Å². The SMILES string of the molecule is Cc1cc(Nc2ccc(NC(=O)/C=C/c3cccs3)cc2)nc(N2CCCCC2)n1. The Bertz CT molecular complexity index is 1010. The van der Waals surface area contributed by atoms with Crippen molar-refractivity contribution in [2.75, 3.05) is 28.6 Å². The van der Waals surface area contributed by atoms with Gasteiger partial charge >= 0.3 is 0 Å². The molecule has 6 nitrogen and oxygen atoms in total. The van der Waals surface area contributed by atoms with Gasteiger partial charge in [-0.2, -0.15) is 4.98 Å². The first-order chi connectivity index (χ1) is 14.7. The number of hydrogen-bond acceptors (Lipinski definition) is 6. The van der Waals surface area contributed by atoms with Crippen LogP contribution in [0.2, 0.25) is 0 Å². The number of anilines is 4. The first-order valence-corrected chi connectivity index (χ1v) is 11.0. The number of thiophene rings is 1. The van der Waals surface area contributed by atoms with Crippen molar-refractivity contribution in [3.63, 3.8) is 0 Å². The van der Waals surface area contributed by atoms with Gasteiger partial charge in [0.2, 0.25) is 11.9 Å². The number of aryl methyl sites for hydroxylation is 1. The molecule has 1 aliphatic heterocycles. The fraction of sp³-hybridized carbons (Fsp3) is 0.261. The van der Waals surface area contributed by atoms with Crippen molar-refractivity contribution in [2.24, 2.45) is 0 Å². The van der Waals surface area contributed by atoms with Crippen LogP contribution in [0.25, 0.3) is 6.08 Å². The third-order valence-corrected chi connectivity index (χ3v) is 5.69. The minimum atomic E-state index is -0.151. The molecule has 1 aliphatic rings. The molecular weight excluding hydrogens is 394 g/mol. The zero-order valence-electron chi connectivity index (χ0n) is 17.0. The summed E-state index contributed by atoms with van der Waals surface area (Å²) >= 11 is 1.60. The number of aromatic nitrogens is 2. The number of nitrogens with zero attached hydrogens (tertiary/aromatic N) is 3. The average molecular weight is 420 g/mol. The van der Waals surface area contributed by atoms with E-state index in [1.807, 2.05) is 60.8 Å². The van der Waals surface area contributed by atoms with Crippen LogP contribution in [0.4, 0.5) is 23.1 Å². The zero-order chi connectivity index (χ0) is 20.8. The van der Waals surface area contributed by atoms with E-state index in [4.69, 9.17) is 4.98 Å². The summed E-state index contributed by atoms with van der Waals surface area (Å²) in [4.78, 5) is 24.7. The summed E-state index contributed by atoms with van der Waals surface area (Å²) in [6.45, 7) is 4.01. The maximum Gasteiger partial charge on any atom is 0.248 e.